The van der Waals surface area contributed by atoms with E-state index in [2.05, 4.69) is 12.2 Å². The summed E-state index contributed by atoms with van der Waals surface area (Å²) in [4.78, 5) is 26.2. The van der Waals surface area contributed by atoms with Gasteiger partial charge in [-0.15, -0.1) is 11.3 Å². The van der Waals surface area contributed by atoms with E-state index < -0.39 is 0 Å². The van der Waals surface area contributed by atoms with Crippen molar-refractivity contribution in [2.24, 2.45) is 11.8 Å². The largest absolute Gasteiger partial charge is 0.462 e. The van der Waals surface area contributed by atoms with E-state index in [4.69, 9.17) is 4.74 Å². The highest BCUT2D eigenvalue weighted by atomic mass is 32.1. The number of amides is 1. The lowest BCUT2D eigenvalue weighted by molar-refractivity contribution is -0.120. The van der Waals surface area contributed by atoms with Crippen molar-refractivity contribution in [1.29, 1.82) is 0 Å². The summed E-state index contributed by atoms with van der Waals surface area (Å²) < 4.78 is 5.26. The van der Waals surface area contributed by atoms with E-state index in [1.165, 1.54) is 4.88 Å². The van der Waals surface area contributed by atoms with E-state index in [0.29, 0.717) is 23.1 Å². The van der Waals surface area contributed by atoms with E-state index in [0.717, 1.165) is 44.1 Å². The lowest BCUT2D eigenvalue weighted by atomic mass is 9.85. The third kappa shape index (κ3) is 4.00. The van der Waals surface area contributed by atoms with Crippen molar-refractivity contribution in [3.8, 4) is 0 Å². The van der Waals surface area contributed by atoms with Gasteiger partial charge in [0.15, 0.2) is 0 Å². The van der Waals surface area contributed by atoms with Gasteiger partial charge in [0.1, 0.15) is 5.00 Å². The van der Waals surface area contributed by atoms with Gasteiger partial charge < -0.3 is 10.1 Å². The van der Waals surface area contributed by atoms with Crippen molar-refractivity contribution in [2.45, 2.75) is 66.2 Å². The van der Waals surface area contributed by atoms with Gasteiger partial charge in [0.25, 0.3) is 0 Å². The Balaban J connectivity index is 2.34. The molecule has 1 aromatic rings. The lowest BCUT2D eigenvalue weighted by Gasteiger charge is -2.21. The first-order chi connectivity index (χ1) is 11.5. The van der Waals surface area contributed by atoms with Gasteiger partial charge in [-0.1, -0.05) is 27.2 Å². The van der Waals surface area contributed by atoms with Crippen molar-refractivity contribution in [1.82, 2.24) is 0 Å². The maximum Gasteiger partial charge on any atom is 0.341 e. The van der Waals surface area contributed by atoms with Crippen LogP contribution in [-0.2, 0) is 22.4 Å². The van der Waals surface area contributed by atoms with Gasteiger partial charge in [-0.2, -0.15) is 0 Å². The molecule has 0 spiro atoms. The Morgan fingerprint density at radius 3 is 2.54 bits per heavy atom. The van der Waals surface area contributed by atoms with Crippen molar-refractivity contribution in [3.05, 3.63) is 16.0 Å². The first-order valence-electron chi connectivity index (χ1n) is 9.17. The van der Waals surface area contributed by atoms with E-state index in [9.17, 15) is 9.59 Å². The number of hydrogen-bond donors (Lipinski definition) is 1. The second-order valence-electron chi connectivity index (χ2n) is 6.45. The normalized spacial score (nSPS) is 16.8. The molecule has 24 heavy (non-hydrogen) atoms. The molecule has 0 fully saturated rings. The molecule has 1 atom stereocenters. The summed E-state index contributed by atoms with van der Waals surface area (Å²) >= 11 is 1.57. The molecule has 4 nitrogen and oxygen atoms in total. The van der Waals surface area contributed by atoms with Crippen LogP contribution in [0.4, 0.5) is 5.00 Å². The fourth-order valence-electron chi connectivity index (χ4n) is 3.38. The topological polar surface area (TPSA) is 55.4 Å². The lowest BCUT2D eigenvalue weighted by Crippen LogP contribution is -2.22. The van der Waals surface area contributed by atoms with Crippen molar-refractivity contribution >= 4 is 28.2 Å². The molecule has 2 rings (SSSR count). The summed E-state index contributed by atoms with van der Waals surface area (Å²) in [6, 6.07) is 0. The summed E-state index contributed by atoms with van der Waals surface area (Å²) in [6.07, 6.45) is 5.78. The van der Waals surface area contributed by atoms with Crippen LogP contribution in [0, 0.1) is 11.8 Å². The number of fused-ring (bicyclic) bond motifs is 1. The Hall–Kier alpha value is -1.36. The minimum Gasteiger partial charge on any atom is -0.462 e. The van der Waals surface area contributed by atoms with Crippen LogP contribution < -0.4 is 5.32 Å². The van der Waals surface area contributed by atoms with Crippen LogP contribution in [0.5, 0.6) is 0 Å². The summed E-state index contributed by atoms with van der Waals surface area (Å²) in [5.74, 6) is 0.373. The summed E-state index contributed by atoms with van der Waals surface area (Å²) in [5, 5.41) is 3.71. The van der Waals surface area contributed by atoms with Crippen LogP contribution in [0.15, 0.2) is 0 Å². The molecule has 1 aliphatic rings. The van der Waals surface area contributed by atoms with Crippen LogP contribution in [0.2, 0.25) is 0 Å². The summed E-state index contributed by atoms with van der Waals surface area (Å²) in [5.41, 5.74) is 1.70. The first kappa shape index (κ1) is 19.0. The predicted molar refractivity (Wildman–Crippen MR) is 98.8 cm³/mol. The third-order valence-electron chi connectivity index (χ3n) is 5.02. The molecule has 0 unspecified atom stereocenters. The zero-order valence-electron chi connectivity index (χ0n) is 15.2. The highest BCUT2D eigenvalue weighted by Gasteiger charge is 2.30. The number of hydrogen-bond acceptors (Lipinski definition) is 4. The molecule has 0 aliphatic heterocycles. The molecule has 134 valence electrons. The Morgan fingerprint density at radius 2 is 1.96 bits per heavy atom. The molecule has 5 heteroatoms. The number of anilines is 1. The molecule has 0 aromatic carbocycles. The molecule has 1 amide bonds. The van der Waals surface area contributed by atoms with Crippen molar-refractivity contribution < 1.29 is 14.3 Å². The number of carbonyl (C=O) groups is 2. The quantitative estimate of drug-likeness (QED) is 0.717. The second kappa shape index (κ2) is 8.65. The van der Waals surface area contributed by atoms with Crippen LogP contribution in [0.1, 0.15) is 74.2 Å². The standard InChI is InChI=1S/C19H29NO3S/c1-5-12-9-10-14-15(11-12)24-18(16(14)19(22)23-8-4)20-17(21)13(6-2)7-3/h12-13H,5-11H2,1-4H3,(H,20,21)/t12-/m1/s1. The van der Waals surface area contributed by atoms with Crippen LogP contribution in [0.25, 0.3) is 0 Å². The van der Waals surface area contributed by atoms with E-state index >= 15 is 0 Å². The van der Waals surface area contributed by atoms with Crippen LogP contribution in [-0.4, -0.2) is 18.5 Å². The average molecular weight is 352 g/mol. The maximum atomic E-state index is 12.5. The number of ether oxygens (including phenoxy) is 1. The van der Waals surface area contributed by atoms with E-state index in [-0.39, 0.29) is 17.8 Å². The minimum atomic E-state index is -0.301. The first-order valence-corrected chi connectivity index (χ1v) is 9.99. The molecule has 0 saturated carbocycles. The molecular formula is C19H29NO3S. The van der Waals surface area contributed by atoms with Crippen LogP contribution in [0.3, 0.4) is 0 Å². The van der Waals surface area contributed by atoms with Gasteiger partial charge in [-0.05, 0) is 50.5 Å². The smallest absolute Gasteiger partial charge is 0.341 e. The molecule has 0 saturated heterocycles. The van der Waals surface area contributed by atoms with Gasteiger partial charge in [0.05, 0.1) is 12.2 Å². The number of carbonyl (C=O) groups excluding carboxylic acids is 2. The highest BCUT2D eigenvalue weighted by molar-refractivity contribution is 7.17. The number of rotatable bonds is 7. The second-order valence-corrected chi connectivity index (χ2v) is 7.55. The predicted octanol–water partition coefficient (Wildman–Crippen LogP) is 4.81. The molecule has 1 aliphatic carbocycles. The van der Waals surface area contributed by atoms with Crippen molar-refractivity contribution in [3.63, 3.8) is 0 Å². The highest BCUT2D eigenvalue weighted by Crippen LogP contribution is 2.41. The Morgan fingerprint density at radius 1 is 1.25 bits per heavy atom. The fourth-order valence-corrected chi connectivity index (χ4v) is 4.74. The van der Waals surface area contributed by atoms with Gasteiger partial charge >= 0.3 is 5.97 Å². The zero-order valence-corrected chi connectivity index (χ0v) is 16.1. The molecule has 0 radical (unpaired) electrons. The van der Waals surface area contributed by atoms with Gasteiger partial charge in [-0.25, -0.2) is 4.79 Å². The van der Waals surface area contributed by atoms with Crippen LogP contribution >= 0.6 is 11.3 Å². The molecule has 0 bridgehead atoms. The fraction of sp³-hybridized carbons (Fsp3) is 0.684. The Labute approximate surface area is 149 Å². The minimum absolute atomic E-state index is 0.0104. The molecule has 1 aromatic heterocycles. The molecule has 1 heterocycles. The summed E-state index contributed by atoms with van der Waals surface area (Å²) in [6.45, 7) is 8.41. The van der Waals surface area contributed by atoms with Gasteiger partial charge in [0, 0.05) is 10.8 Å². The Bertz CT molecular complexity index is 590. The van der Waals surface area contributed by atoms with E-state index in [1.807, 2.05) is 20.8 Å². The number of esters is 1. The van der Waals surface area contributed by atoms with E-state index in [1.54, 1.807) is 11.3 Å². The Kier molecular flexibility index (Phi) is 6.84. The number of thiophene rings is 1. The van der Waals surface area contributed by atoms with Crippen molar-refractivity contribution in [2.75, 3.05) is 11.9 Å². The molecular weight excluding hydrogens is 322 g/mol. The monoisotopic (exact) mass is 351 g/mol. The summed E-state index contributed by atoms with van der Waals surface area (Å²) in [7, 11) is 0. The van der Waals surface area contributed by atoms with Gasteiger partial charge in [0.2, 0.25) is 5.91 Å². The zero-order chi connectivity index (χ0) is 17.7. The number of nitrogens with one attached hydrogen (secondary N) is 1. The maximum absolute atomic E-state index is 12.5. The third-order valence-corrected chi connectivity index (χ3v) is 6.19. The SMILES string of the molecule is CCOC(=O)c1c(NC(=O)C(CC)CC)sc2c1CC[C@@H](CC)C2. The molecule has 1 N–H and O–H groups in total. The average Bonchev–Trinajstić information content (AvgIpc) is 2.92. The van der Waals surface area contributed by atoms with Gasteiger partial charge in [-0.3, -0.25) is 4.79 Å².